The number of aromatic amines is 1. The molecule has 2 aliphatic rings. The molecule has 0 aliphatic carbocycles. The van der Waals surface area contributed by atoms with E-state index in [-0.39, 0.29) is 12.0 Å². The topological polar surface area (TPSA) is 57.2 Å². The molecule has 2 aliphatic heterocycles. The molecule has 1 aromatic rings. The molecular formula is C17H29N5OS. The minimum atomic E-state index is 0.0832. The Kier molecular flexibility index (Phi) is 5.71. The molecule has 0 saturated carbocycles. The van der Waals surface area contributed by atoms with E-state index in [1.54, 1.807) is 0 Å². The predicted octanol–water partition coefficient (Wildman–Crippen LogP) is 2.45. The molecule has 134 valence electrons. The number of piperidine rings is 2. The SMILES string of the molecule is CCCN1CCCCC1C(=O)N1CCCC(c2n[nH]c(=S)n2C)C1. The third kappa shape index (κ3) is 3.57. The highest BCUT2D eigenvalue weighted by Crippen LogP contribution is 2.27. The lowest BCUT2D eigenvalue weighted by atomic mass is 9.94. The lowest BCUT2D eigenvalue weighted by molar-refractivity contribution is -0.139. The summed E-state index contributed by atoms with van der Waals surface area (Å²) < 4.78 is 2.59. The molecule has 2 saturated heterocycles. The molecule has 0 radical (unpaired) electrons. The lowest BCUT2D eigenvalue weighted by Crippen LogP contribution is -2.53. The zero-order valence-electron chi connectivity index (χ0n) is 14.8. The Bertz CT molecular complexity index is 623. The minimum Gasteiger partial charge on any atom is -0.341 e. The van der Waals surface area contributed by atoms with E-state index in [1.165, 1.54) is 12.8 Å². The van der Waals surface area contributed by atoms with Crippen LogP contribution in [0.15, 0.2) is 0 Å². The number of carbonyl (C=O) groups is 1. The summed E-state index contributed by atoms with van der Waals surface area (Å²) in [7, 11) is 1.95. The van der Waals surface area contributed by atoms with Crippen molar-refractivity contribution < 1.29 is 4.79 Å². The molecule has 2 unspecified atom stereocenters. The molecule has 7 heteroatoms. The Morgan fingerprint density at radius 2 is 2.12 bits per heavy atom. The lowest BCUT2D eigenvalue weighted by Gasteiger charge is -2.40. The Morgan fingerprint density at radius 3 is 2.83 bits per heavy atom. The quantitative estimate of drug-likeness (QED) is 0.847. The first-order valence-electron chi connectivity index (χ1n) is 9.26. The highest BCUT2D eigenvalue weighted by Gasteiger charge is 2.34. The van der Waals surface area contributed by atoms with E-state index in [0.29, 0.717) is 10.7 Å². The molecule has 24 heavy (non-hydrogen) atoms. The number of hydrogen-bond donors (Lipinski definition) is 1. The summed E-state index contributed by atoms with van der Waals surface area (Å²) >= 11 is 5.23. The first-order chi connectivity index (χ1) is 11.6. The third-order valence-corrected chi connectivity index (χ3v) is 5.79. The number of aromatic nitrogens is 3. The van der Waals surface area contributed by atoms with Crippen LogP contribution in [-0.2, 0) is 11.8 Å². The standard InChI is InChI=1S/C17H29N5OS/c1-3-9-21-10-5-4-8-14(21)16(23)22-11-6-7-13(12-22)15-18-19-17(24)20(15)2/h13-14H,3-12H2,1-2H3,(H,19,24). The van der Waals surface area contributed by atoms with E-state index in [9.17, 15) is 4.79 Å². The molecule has 3 heterocycles. The van der Waals surface area contributed by atoms with Crippen LogP contribution in [0.25, 0.3) is 0 Å². The molecule has 6 nitrogen and oxygen atoms in total. The van der Waals surface area contributed by atoms with Crippen molar-refractivity contribution in [2.45, 2.75) is 57.4 Å². The van der Waals surface area contributed by atoms with Crippen molar-refractivity contribution in [3.63, 3.8) is 0 Å². The highest BCUT2D eigenvalue weighted by atomic mass is 32.1. The second-order valence-corrected chi connectivity index (χ2v) is 7.50. The molecule has 1 aromatic heterocycles. The number of carbonyl (C=O) groups excluding carboxylic acids is 1. The maximum atomic E-state index is 13.1. The van der Waals surface area contributed by atoms with E-state index in [0.717, 1.165) is 57.7 Å². The van der Waals surface area contributed by atoms with E-state index in [4.69, 9.17) is 12.2 Å². The van der Waals surface area contributed by atoms with E-state index >= 15 is 0 Å². The van der Waals surface area contributed by atoms with Gasteiger partial charge in [0.15, 0.2) is 4.77 Å². The number of nitrogens with one attached hydrogen (secondary N) is 1. The Balaban J connectivity index is 1.70. The van der Waals surface area contributed by atoms with Gasteiger partial charge in [0.2, 0.25) is 5.91 Å². The minimum absolute atomic E-state index is 0.0832. The monoisotopic (exact) mass is 351 g/mol. The van der Waals surface area contributed by atoms with Gasteiger partial charge in [-0.3, -0.25) is 14.8 Å². The van der Waals surface area contributed by atoms with Gasteiger partial charge >= 0.3 is 0 Å². The summed E-state index contributed by atoms with van der Waals surface area (Å²) in [4.78, 5) is 17.6. The molecule has 3 rings (SSSR count). The van der Waals surface area contributed by atoms with Crippen molar-refractivity contribution in [1.29, 1.82) is 0 Å². The molecule has 0 spiro atoms. The van der Waals surface area contributed by atoms with Crippen LogP contribution in [0.3, 0.4) is 0 Å². The van der Waals surface area contributed by atoms with Crippen LogP contribution in [0.4, 0.5) is 0 Å². The van der Waals surface area contributed by atoms with Gasteiger partial charge in [0.05, 0.1) is 6.04 Å². The van der Waals surface area contributed by atoms with Crippen molar-refractivity contribution in [1.82, 2.24) is 24.6 Å². The van der Waals surface area contributed by atoms with Crippen LogP contribution in [0.1, 0.15) is 57.2 Å². The normalized spacial score (nSPS) is 25.8. The Morgan fingerprint density at radius 1 is 1.29 bits per heavy atom. The fourth-order valence-electron chi connectivity index (χ4n) is 4.15. The third-order valence-electron chi connectivity index (χ3n) is 5.42. The number of rotatable bonds is 4. The van der Waals surface area contributed by atoms with Crippen molar-refractivity contribution in [2.75, 3.05) is 26.2 Å². The first kappa shape index (κ1) is 17.6. The van der Waals surface area contributed by atoms with Gasteiger partial charge in [-0.15, -0.1) is 0 Å². The molecule has 2 fully saturated rings. The van der Waals surface area contributed by atoms with Crippen molar-refractivity contribution in [3.05, 3.63) is 10.6 Å². The molecule has 0 aromatic carbocycles. The highest BCUT2D eigenvalue weighted by molar-refractivity contribution is 7.71. The summed E-state index contributed by atoms with van der Waals surface area (Å²) in [5.41, 5.74) is 0. The second-order valence-electron chi connectivity index (χ2n) is 7.12. The van der Waals surface area contributed by atoms with Crippen molar-refractivity contribution in [3.8, 4) is 0 Å². The second kappa shape index (κ2) is 7.78. The average molecular weight is 352 g/mol. The van der Waals surface area contributed by atoms with Crippen LogP contribution in [0.5, 0.6) is 0 Å². The number of nitrogens with zero attached hydrogens (tertiary/aromatic N) is 4. The molecule has 2 atom stereocenters. The largest absolute Gasteiger partial charge is 0.341 e. The summed E-state index contributed by atoms with van der Waals surface area (Å²) in [5.74, 6) is 1.58. The van der Waals surface area contributed by atoms with Gasteiger partial charge in [-0.05, 0) is 57.4 Å². The Labute approximate surface area is 149 Å². The fraction of sp³-hybridized carbons (Fsp3) is 0.824. The number of amides is 1. The van der Waals surface area contributed by atoms with Crippen molar-refractivity contribution in [2.24, 2.45) is 7.05 Å². The van der Waals surface area contributed by atoms with Gasteiger partial charge in [0, 0.05) is 26.1 Å². The van der Waals surface area contributed by atoms with Crippen LogP contribution in [0, 0.1) is 4.77 Å². The summed E-state index contributed by atoms with van der Waals surface area (Å²) in [6, 6.07) is 0.0832. The van der Waals surface area contributed by atoms with Gasteiger partial charge in [0.25, 0.3) is 0 Å². The van der Waals surface area contributed by atoms with Crippen LogP contribution in [0.2, 0.25) is 0 Å². The van der Waals surface area contributed by atoms with Gasteiger partial charge in [-0.2, -0.15) is 5.10 Å². The number of hydrogen-bond acceptors (Lipinski definition) is 4. The van der Waals surface area contributed by atoms with Gasteiger partial charge in [-0.1, -0.05) is 13.3 Å². The maximum absolute atomic E-state index is 13.1. The molecule has 1 N–H and O–H groups in total. The van der Waals surface area contributed by atoms with Crippen LogP contribution in [-0.4, -0.2) is 62.7 Å². The Hall–Kier alpha value is -1.21. The van der Waals surface area contributed by atoms with Crippen molar-refractivity contribution >= 4 is 18.1 Å². The van der Waals surface area contributed by atoms with E-state index < -0.39 is 0 Å². The predicted molar refractivity (Wildman–Crippen MR) is 96.5 cm³/mol. The van der Waals surface area contributed by atoms with Gasteiger partial charge in [0.1, 0.15) is 5.82 Å². The number of likely N-dealkylation sites (tertiary alicyclic amines) is 2. The summed E-state index contributed by atoms with van der Waals surface area (Å²) in [6.07, 6.45) is 6.61. The van der Waals surface area contributed by atoms with E-state index in [1.807, 2.05) is 11.6 Å². The summed E-state index contributed by atoms with van der Waals surface area (Å²) in [5, 5.41) is 7.26. The zero-order valence-corrected chi connectivity index (χ0v) is 15.6. The molecule has 1 amide bonds. The van der Waals surface area contributed by atoms with Gasteiger partial charge in [-0.25, -0.2) is 0 Å². The maximum Gasteiger partial charge on any atom is 0.239 e. The zero-order chi connectivity index (χ0) is 17.1. The first-order valence-corrected chi connectivity index (χ1v) is 9.66. The van der Waals surface area contributed by atoms with E-state index in [2.05, 4.69) is 26.9 Å². The number of H-pyrrole nitrogens is 1. The smallest absolute Gasteiger partial charge is 0.239 e. The summed E-state index contributed by atoms with van der Waals surface area (Å²) in [6.45, 7) is 5.93. The molecular weight excluding hydrogens is 322 g/mol. The average Bonchev–Trinajstić information content (AvgIpc) is 2.94. The van der Waals surface area contributed by atoms with Crippen LogP contribution >= 0.6 is 12.2 Å². The van der Waals surface area contributed by atoms with Crippen LogP contribution < -0.4 is 0 Å². The molecule has 0 bridgehead atoms. The van der Waals surface area contributed by atoms with Gasteiger partial charge < -0.3 is 9.47 Å². The fourth-order valence-corrected chi connectivity index (χ4v) is 4.29.